The van der Waals surface area contributed by atoms with Crippen molar-refractivity contribution in [1.29, 1.82) is 0 Å². The van der Waals surface area contributed by atoms with Gasteiger partial charge in [0.1, 0.15) is 10.1 Å². The number of carbonyl (C=O) groups excluding carboxylic acids is 1. The Morgan fingerprint density at radius 1 is 1.27 bits per heavy atom. The van der Waals surface area contributed by atoms with E-state index in [2.05, 4.69) is 0 Å². The lowest BCUT2D eigenvalue weighted by molar-refractivity contribution is -0.122. The van der Waals surface area contributed by atoms with Gasteiger partial charge in [0.25, 0.3) is 5.91 Å². The van der Waals surface area contributed by atoms with Gasteiger partial charge in [-0.25, -0.2) is 0 Å². The smallest absolute Gasteiger partial charge is 0.266 e. The molecule has 0 unspecified atom stereocenters. The molecule has 1 aromatic heterocycles. The summed E-state index contributed by atoms with van der Waals surface area (Å²) >= 11 is 18.4. The van der Waals surface area contributed by atoms with E-state index in [1.54, 1.807) is 42.7 Å². The lowest BCUT2D eigenvalue weighted by atomic mass is 10.2. The van der Waals surface area contributed by atoms with Crippen LogP contribution in [0, 0.1) is 0 Å². The van der Waals surface area contributed by atoms with Crippen LogP contribution in [0.5, 0.6) is 0 Å². The number of furan rings is 1. The third-order valence-electron chi connectivity index (χ3n) is 3.01. The summed E-state index contributed by atoms with van der Waals surface area (Å²) < 4.78 is 5.77. The molecule has 1 aliphatic rings. The molecule has 1 saturated heterocycles. The fourth-order valence-corrected chi connectivity index (χ4v) is 3.51. The van der Waals surface area contributed by atoms with Gasteiger partial charge in [-0.05, 0) is 35.9 Å². The van der Waals surface area contributed by atoms with Crippen LogP contribution in [0.1, 0.15) is 11.3 Å². The van der Waals surface area contributed by atoms with Crippen molar-refractivity contribution in [3.63, 3.8) is 0 Å². The first kappa shape index (κ1) is 15.6. The number of hydrogen-bond acceptors (Lipinski definition) is 4. The summed E-state index contributed by atoms with van der Waals surface area (Å²) in [6, 6.07) is 8.79. The van der Waals surface area contributed by atoms with E-state index >= 15 is 0 Å². The van der Waals surface area contributed by atoms with Crippen LogP contribution in [0.15, 0.2) is 45.9 Å². The standard InChI is InChI=1S/C15H9Cl2NO2S2/c16-11-4-3-9(6-12(11)17)7-13-14(19)18(15(21)22-13)8-10-2-1-5-20-10/h1-7H,8H2. The number of rotatable bonds is 3. The van der Waals surface area contributed by atoms with Gasteiger partial charge in [-0.1, -0.05) is 53.2 Å². The maximum Gasteiger partial charge on any atom is 0.266 e. The minimum absolute atomic E-state index is 0.141. The van der Waals surface area contributed by atoms with E-state index in [1.807, 2.05) is 0 Å². The molecular weight excluding hydrogens is 361 g/mol. The normalized spacial score (nSPS) is 16.8. The highest BCUT2D eigenvalue weighted by Gasteiger charge is 2.32. The van der Waals surface area contributed by atoms with E-state index in [0.717, 1.165) is 5.56 Å². The van der Waals surface area contributed by atoms with Crippen LogP contribution in [0.25, 0.3) is 6.08 Å². The van der Waals surface area contributed by atoms with Gasteiger partial charge in [-0.2, -0.15) is 0 Å². The summed E-state index contributed by atoms with van der Waals surface area (Å²) in [4.78, 5) is 14.5. The molecule has 2 aromatic rings. The highest BCUT2D eigenvalue weighted by Crippen LogP contribution is 2.34. The molecule has 0 N–H and O–H groups in total. The molecule has 7 heteroatoms. The van der Waals surface area contributed by atoms with Gasteiger partial charge in [-0.3, -0.25) is 9.69 Å². The van der Waals surface area contributed by atoms with Crippen molar-refractivity contribution in [2.24, 2.45) is 0 Å². The van der Waals surface area contributed by atoms with Gasteiger partial charge in [0.05, 0.1) is 27.8 Å². The molecule has 1 aliphatic heterocycles. The first-order valence-electron chi connectivity index (χ1n) is 6.27. The Labute approximate surface area is 146 Å². The van der Waals surface area contributed by atoms with E-state index < -0.39 is 0 Å². The summed E-state index contributed by atoms with van der Waals surface area (Å²) in [6.45, 7) is 0.330. The lowest BCUT2D eigenvalue weighted by Crippen LogP contribution is -2.27. The van der Waals surface area contributed by atoms with Crippen molar-refractivity contribution in [3.05, 3.63) is 62.9 Å². The third-order valence-corrected chi connectivity index (χ3v) is 5.13. The number of benzene rings is 1. The lowest BCUT2D eigenvalue weighted by Gasteiger charge is -2.11. The minimum Gasteiger partial charge on any atom is -0.467 e. The zero-order valence-corrected chi connectivity index (χ0v) is 14.2. The van der Waals surface area contributed by atoms with Crippen molar-refractivity contribution in [3.8, 4) is 0 Å². The maximum atomic E-state index is 12.4. The minimum atomic E-state index is -0.141. The molecule has 0 saturated carbocycles. The van der Waals surface area contributed by atoms with Crippen molar-refractivity contribution < 1.29 is 9.21 Å². The van der Waals surface area contributed by atoms with Crippen LogP contribution in [-0.4, -0.2) is 15.1 Å². The second-order valence-electron chi connectivity index (χ2n) is 4.52. The monoisotopic (exact) mass is 369 g/mol. The van der Waals surface area contributed by atoms with Crippen LogP contribution in [0.3, 0.4) is 0 Å². The third kappa shape index (κ3) is 3.22. The molecule has 2 heterocycles. The number of nitrogens with zero attached hydrogens (tertiary/aromatic N) is 1. The van der Waals surface area contributed by atoms with Crippen LogP contribution in [0.2, 0.25) is 10.0 Å². The SMILES string of the molecule is O=C1C(=Cc2ccc(Cl)c(Cl)c2)SC(=S)N1Cc1ccco1. The van der Waals surface area contributed by atoms with Crippen molar-refractivity contribution in [2.75, 3.05) is 0 Å². The fraction of sp³-hybridized carbons (Fsp3) is 0.0667. The molecule has 1 fully saturated rings. The van der Waals surface area contributed by atoms with Crippen molar-refractivity contribution in [2.45, 2.75) is 6.54 Å². The maximum absolute atomic E-state index is 12.4. The molecule has 0 aliphatic carbocycles. The van der Waals surface area contributed by atoms with Crippen LogP contribution in [0.4, 0.5) is 0 Å². The number of thioether (sulfide) groups is 1. The summed E-state index contributed by atoms with van der Waals surface area (Å²) in [5.41, 5.74) is 0.799. The molecule has 0 bridgehead atoms. The van der Waals surface area contributed by atoms with Crippen LogP contribution >= 0.6 is 47.2 Å². The second-order valence-corrected chi connectivity index (χ2v) is 7.01. The topological polar surface area (TPSA) is 33.5 Å². The van der Waals surface area contributed by atoms with E-state index in [1.165, 1.54) is 16.7 Å². The Bertz CT molecular complexity index is 772. The Hall–Kier alpha value is -1.27. The van der Waals surface area contributed by atoms with E-state index in [-0.39, 0.29) is 5.91 Å². The molecule has 22 heavy (non-hydrogen) atoms. The van der Waals surface area contributed by atoms with E-state index in [9.17, 15) is 4.79 Å². The molecule has 0 atom stereocenters. The second kappa shape index (κ2) is 6.46. The Balaban J connectivity index is 1.83. The highest BCUT2D eigenvalue weighted by atomic mass is 35.5. The molecule has 3 rings (SSSR count). The molecule has 1 amide bonds. The molecule has 0 radical (unpaired) electrons. The van der Waals surface area contributed by atoms with E-state index in [4.69, 9.17) is 39.8 Å². The number of halogens is 2. The van der Waals surface area contributed by atoms with Crippen molar-refractivity contribution in [1.82, 2.24) is 4.90 Å². The number of carbonyl (C=O) groups is 1. The summed E-state index contributed by atoms with van der Waals surface area (Å²) in [5.74, 6) is 0.546. The summed E-state index contributed by atoms with van der Waals surface area (Å²) in [6.07, 6.45) is 3.32. The van der Waals surface area contributed by atoms with Crippen LogP contribution in [-0.2, 0) is 11.3 Å². The van der Waals surface area contributed by atoms with E-state index in [0.29, 0.717) is 31.6 Å². The molecule has 112 valence electrons. The van der Waals surface area contributed by atoms with Gasteiger partial charge in [0.2, 0.25) is 0 Å². The zero-order chi connectivity index (χ0) is 15.7. The first-order chi connectivity index (χ1) is 10.5. The van der Waals surface area contributed by atoms with Crippen LogP contribution < -0.4 is 0 Å². The Kier molecular flexibility index (Phi) is 4.59. The summed E-state index contributed by atoms with van der Waals surface area (Å²) in [5, 5.41) is 0.922. The predicted octanol–water partition coefficient (Wildman–Crippen LogP) is 4.99. The van der Waals surface area contributed by atoms with Gasteiger partial charge in [0.15, 0.2) is 0 Å². The predicted molar refractivity (Wildman–Crippen MR) is 93.9 cm³/mol. The first-order valence-corrected chi connectivity index (χ1v) is 8.25. The van der Waals surface area contributed by atoms with Gasteiger partial charge >= 0.3 is 0 Å². The molecular formula is C15H9Cl2NO2S2. The number of thiocarbonyl (C=S) groups is 1. The highest BCUT2D eigenvalue weighted by molar-refractivity contribution is 8.26. The van der Waals surface area contributed by atoms with Gasteiger partial charge < -0.3 is 4.42 Å². The van der Waals surface area contributed by atoms with Gasteiger partial charge in [-0.15, -0.1) is 0 Å². The summed E-state index contributed by atoms with van der Waals surface area (Å²) in [7, 11) is 0. The van der Waals surface area contributed by atoms with Crippen molar-refractivity contribution >= 4 is 63.5 Å². The zero-order valence-electron chi connectivity index (χ0n) is 11.1. The number of amides is 1. The largest absolute Gasteiger partial charge is 0.467 e. The van der Waals surface area contributed by atoms with Gasteiger partial charge in [0, 0.05) is 0 Å². The average Bonchev–Trinajstić information content (AvgIpc) is 3.08. The Morgan fingerprint density at radius 3 is 2.77 bits per heavy atom. The molecule has 0 spiro atoms. The average molecular weight is 370 g/mol. The Morgan fingerprint density at radius 2 is 2.09 bits per heavy atom. The molecule has 1 aromatic carbocycles. The quantitative estimate of drug-likeness (QED) is 0.563. The fourth-order valence-electron chi connectivity index (χ4n) is 1.95. The molecule has 3 nitrogen and oxygen atoms in total. The number of hydrogen-bond donors (Lipinski definition) is 0.